The van der Waals surface area contributed by atoms with E-state index in [0.717, 1.165) is 12.8 Å². The zero-order valence-electron chi connectivity index (χ0n) is 12.9. The van der Waals surface area contributed by atoms with Gasteiger partial charge in [-0.2, -0.15) is 0 Å². The summed E-state index contributed by atoms with van der Waals surface area (Å²) >= 11 is 0. The second-order valence-electron chi connectivity index (χ2n) is 6.93. The quantitative estimate of drug-likeness (QED) is 0.846. The maximum absolute atomic E-state index is 12.6. The van der Waals surface area contributed by atoms with Crippen molar-refractivity contribution < 1.29 is 14.3 Å². The molecule has 2 rings (SSSR count). The van der Waals surface area contributed by atoms with Crippen LogP contribution in [0.2, 0.25) is 0 Å². The van der Waals surface area contributed by atoms with E-state index in [0.29, 0.717) is 25.5 Å². The molecular weight excluding hydrogens is 256 g/mol. The molecule has 20 heavy (non-hydrogen) atoms. The average Bonchev–Trinajstić information content (AvgIpc) is 3.12. The van der Waals surface area contributed by atoms with Gasteiger partial charge in [0.05, 0.1) is 12.2 Å². The van der Waals surface area contributed by atoms with Gasteiger partial charge in [0.15, 0.2) is 0 Å². The SMILES string of the molecule is CC1CC(=O)NC(C2CC2)C(=O)N1CCOC(C)(C)C. The zero-order valence-corrected chi connectivity index (χ0v) is 12.9. The zero-order chi connectivity index (χ0) is 14.9. The maximum atomic E-state index is 12.6. The molecule has 0 radical (unpaired) electrons. The van der Waals surface area contributed by atoms with E-state index in [1.165, 1.54) is 0 Å². The van der Waals surface area contributed by atoms with Gasteiger partial charge in [-0.05, 0) is 46.5 Å². The topological polar surface area (TPSA) is 58.6 Å². The van der Waals surface area contributed by atoms with Gasteiger partial charge in [0.1, 0.15) is 6.04 Å². The lowest BCUT2D eigenvalue weighted by molar-refractivity contribution is -0.137. The summed E-state index contributed by atoms with van der Waals surface area (Å²) in [5.41, 5.74) is -0.206. The summed E-state index contributed by atoms with van der Waals surface area (Å²) < 4.78 is 5.71. The molecule has 0 aromatic carbocycles. The minimum Gasteiger partial charge on any atom is -0.374 e. The molecule has 1 saturated heterocycles. The molecule has 1 saturated carbocycles. The molecule has 2 atom stereocenters. The Kier molecular flexibility index (Phi) is 4.37. The van der Waals surface area contributed by atoms with Crippen molar-refractivity contribution in [3.05, 3.63) is 0 Å². The summed E-state index contributed by atoms with van der Waals surface area (Å²) in [7, 11) is 0. The Morgan fingerprint density at radius 2 is 1.95 bits per heavy atom. The number of carbonyl (C=O) groups excluding carboxylic acids is 2. The number of carbonyl (C=O) groups is 2. The molecule has 2 aliphatic rings. The van der Waals surface area contributed by atoms with Crippen molar-refractivity contribution in [3.63, 3.8) is 0 Å². The van der Waals surface area contributed by atoms with E-state index in [1.54, 1.807) is 0 Å². The van der Waals surface area contributed by atoms with Crippen LogP contribution in [0.15, 0.2) is 0 Å². The molecule has 114 valence electrons. The highest BCUT2D eigenvalue weighted by atomic mass is 16.5. The van der Waals surface area contributed by atoms with Crippen molar-refractivity contribution in [3.8, 4) is 0 Å². The summed E-state index contributed by atoms with van der Waals surface area (Å²) in [6, 6.07) is -0.378. The average molecular weight is 282 g/mol. The molecular formula is C15H26N2O3. The second kappa shape index (κ2) is 5.72. The third kappa shape index (κ3) is 3.95. The van der Waals surface area contributed by atoms with Gasteiger partial charge in [-0.1, -0.05) is 0 Å². The van der Waals surface area contributed by atoms with Crippen LogP contribution in [0.1, 0.15) is 47.0 Å². The molecule has 5 nitrogen and oxygen atoms in total. The Bertz CT molecular complexity index is 385. The highest BCUT2D eigenvalue weighted by molar-refractivity contribution is 5.91. The van der Waals surface area contributed by atoms with Crippen molar-refractivity contribution in [1.82, 2.24) is 10.2 Å². The molecule has 1 aliphatic heterocycles. The molecule has 0 bridgehead atoms. The van der Waals surface area contributed by atoms with Crippen molar-refractivity contribution in [2.45, 2.75) is 64.6 Å². The van der Waals surface area contributed by atoms with Crippen LogP contribution in [0.3, 0.4) is 0 Å². The molecule has 1 N–H and O–H groups in total. The summed E-state index contributed by atoms with van der Waals surface area (Å²) in [5.74, 6) is 0.383. The van der Waals surface area contributed by atoms with E-state index in [2.05, 4.69) is 5.32 Å². The molecule has 0 aromatic heterocycles. The van der Waals surface area contributed by atoms with Gasteiger partial charge in [0.25, 0.3) is 0 Å². The first-order valence-corrected chi connectivity index (χ1v) is 7.52. The number of ether oxygens (including phenoxy) is 1. The van der Waals surface area contributed by atoms with Gasteiger partial charge in [-0.15, -0.1) is 0 Å². The third-order valence-corrected chi connectivity index (χ3v) is 3.84. The molecule has 0 spiro atoms. The molecule has 1 aliphatic carbocycles. The van der Waals surface area contributed by atoms with Gasteiger partial charge >= 0.3 is 0 Å². The normalized spacial score (nSPS) is 28.3. The van der Waals surface area contributed by atoms with Crippen molar-refractivity contribution in [1.29, 1.82) is 0 Å². The first-order chi connectivity index (χ1) is 9.28. The fraction of sp³-hybridized carbons (Fsp3) is 0.867. The number of nitrogens with zero attached hydrogens (tertiary/aromatic N) is 1. The Balaban J connectivity index is 1.99. The van der Waals surface area contributed by atoms with E-state index in [4.69, 9.17) is 4.74 Å². The Hall–Kier alpha value is -1.10. The van der Waals surface area contributed by atoms with Crippen molar-refractivity contribution in [2.75, 3.05) is 13.2 Å². The molecule has 1 heterocycles. The highest BCUT2D eigenvalue weighted by Gasteiger charge is 2.42. The summed E-state index contributed by atoms with van der Waals surface area (Å²) in [4.78, 5) is 26.2. The van der Waals surface area contributed by atoms with Crippen LogP contribution in [-0.4, -0.2) is 47.6 Å². The monoisotopic (exact) mass is 282 g/mol. The standard InChI is InChI=1S/C15H26N2O3/c1-10-9-12(18)16-13(11-5-6-11)14(19)17(10)7-8-20-15(2,3)4/h10-11,13H,5-9H2,1-4H3,(H,16,18). The largest absolute Gasteiger partial charge is 0.374 e. The predicted octanol–water partition coefficient (Wildman–Crippen LogP) is 1.32. The van der Waals surface area contributed by atoms with Crippen LogP contribution >= 0.6 is 0 Å². The lowest BCUT2D eigenvalue weighted by Crippen LogP contribution is -2.48. The van der Waals surface area contributed by atoms with Crippen LogP contribution in [0.25, 0.3) is 0 Å². The fourth-order valence-corrected chi connectivity index (χ4v) is 2.60. The fourth-order valence-electron chi connectivity index (χ4n) is 2.60. The highest BCUT2D eigenvalue weighted by Crippen LogP contribution is 2.34. The van der Waals surface area contributed by atoms with Crippen LogP contribution in [-0.2, 0) is 14.3 Å². The number of hydrogen-bond donors (Lipinski definition) is 1. The Labute approximate surface area is 121 Å². The summed E-state index contributed by atoms with van der Waals surface area (Å²) in [6.07, 6.45) is 2.46. The van der Waals surface area contributed by atoms with Crippen LogP contribution < -0.4 is 5.32 Å². The predicted molar refractivity (Wildman–Crippen MR) is 76.2 cm³/mol. The van der Waals surface area contributed by atoms with E-state index in [-0.39, 0.29) is 29.5 Å². The molecule has 0 aromatic rings. The van der Waals surface area contributed by atoms with Crippen LogP contribution in [0.5, 0.6) is 0 Å². The molecule has 2 amide bonds. The van der Waals surface area contributed by atoms with E-state index in [1.807, 2.05) is 32.6 Å². The first kappa shape index (κ1) is 15.3. The van der Waals surface area contributed by atoms with Gasteiger partial charge in [0, 0.05) is 19.0 Å². The summed E-state index contributed by atoms with van der Waals surface area (Å²) in [5, 5.41) is 2.89. The number of amides is 2. The number of rotatable bonds is 4. The molecule has 5 heteroatoms. The minimum absolute atomic E-state index is 0.0120. The summed E-state index contributed by atoms with van der Waals surface area (Å²) in [6.45, 7) is 8.99. The second-order valence-corrected chi connectivity index (χ2v) is 6.93. The minimum atomic E-state index is -0.318. The first-order valence-electron chi connectivity index (χ1n) is 7.52. The third-order valence-electron chi connectivity index (χ3n) is 3.84. The van der Waals surface area contributed by atoms with Gasteiger partial charge in [0.2, 0.25) is 11.8 Å². The van der Waals surface area contributed by atoms with Crippen LogP contribution in [0.4, 0.5) is 0 Å². The lowest BCUT2D eigenvalue weighted by Gasteiger charge is -2.30. The van der Waals surface area contributed by atoms with Crippen molar-refractivity contribution >= 4 is 11.8 Å². The Morgan fingerprint density at radius 1 is 1.30 bits per heavy atom. The molecule has 2 unspecified atom stereocenters. The number of nitrogens with one attached hydrogen (secondary N) is 1. The Morgan fingerprint density at radius 3 is 2.50 bits per heavy atom. The van der Waals surface area contributed by atoms with E-state index in [9.17, 15) is 9.59 Å². The lowest BCUT2D eigenvalue weighted by atomic mass is 10.1. The maximum Gasteiger partial charge on any atom is 0.245 e. The number of hydrogen-bond acceptors (Lipinski definition) is 3. The van der Waals surface area contributed by atoms with Gasteiger partial charge in [-0.25, -0.2) is 0 Å². The van der Waals surface area contributed by atoms with E-state index >= 15 is 0 Å². The van der Waals surface area contributed by atoms with Crippen LogP contribution in [0, 0.1) is 5.92 Å². The smallest absolute Gasteiger partial charge is 0.245 e. The molecule has 2 fully saturated rings. The van der Waals surface area contributed by atoms with Gasteiger partial charge in [-0.3, -0.25) is 9.59 Å². The van der Waals surface area contributed by atoms with Crippen molar-refractivity contribution in [2.24, 2.45) is 5.92 Å². The van der Waals surface area contributed by atoms with Gasteiger partial charge < -0.3 is 15.0 Å². The van der Waals surface area contributed by atoms with E-state index < -0.39 is 0 Å².